The summed E-state index contributed by atoms with van der Waals surface area (Å²) in [5.74, 6) is -4.79. The number of hydrogen-bond donors (Lipinski definition) is 1. The van der Waals surface area contributed by atoms with Crippen molar-refractivity contribution >= 4 is 41.1 Å². The lowest BCUT2D eigenvalue weighted by Crippen LogP contribution is -2.36. The van der Waals surface area contributed by atoms with Crippen molar-refractivity contribution in [2.24, 2.45) is 10.9 Å². The summed E-state index contributed by atoms with van der Waals surface area (Å²) >= 11 is 6.39. The number of imide groups is 1. The maximum atomic E-state index is 12.9. The lowest BCUT2D eigenvalue weighted by atomic mass is 9.75. The Morgan fingerprint density at radius 3 is 2.25 bits per heavy atom. The average Bonchev–Trinajstić information content (AvgIpc) is 3.10. The van der Waals surface area contributed by atoms with E-state index in [0.717, 1.165) is 4.90 Å². The van der Waals surface area contributed by atoms with E-state index in [0.29, 0.717) is 21.7 Å². The van der Waals surface area contributed by atoms with Gasteiger partial charge in [-0.3, -0.25) is 24.3 Å². The molecule has 0 saturated carbocycles. The van der Waals surface area contributed by atoms with E-state index in [1.807, 2.05) is 0 Å². The first-order valence-corrected chi connectivity index (χ1v) is 11.5. The number of aliphatic carboxylic acids is 1. The van der Waals surface area contributed by atoms with Crippen LogP contribution in [0.15, 0.2) is 64.8 Å². The van der Waals surface area contributed by atoms with Gasteiger partial charge in [-0.05, 0) is 30.7 Å². The Labute approximate surface area is 212 Å². The summed E-state index contributed by atoms with van der Waals surface area (Å²) in [5.41, 5.74) is 1.64. The number of amides is 2. The fourth-order valence-electron chi connectivity index (χ4n) is 4.55. The highest BCUT2D eigenvalue weighted by atomic mass is 35.5. The van der Waals surface area contributed by atoms with Crippen LogP contribution in [0.5, 0.6) is 0 Å². The number of hydrogen-bond acceptors (Lipinski definition) is 7. The molecular formula is C26H23ClN2O7. The maximum absolute atomic E-state index is 12.9. The average molecular weight is 511 g/mol. The van der Waals surface area contributed by atoms with Crippen LogP contribution in [0.4, 0.5) is 0 Å². The molecule has 2 aliphatic heterocycles. The maximum Gasteiger partial charge on any atom is 0.336 e. The number of halogens is 1. The summed E-state index contributed by atoms with van der Waals surface area (Å²) in [6, 6.07) is 13.2. The molecule has 0 radical (unpaired) electrons. The van der Waals surface area contributed by atoms with E-state index in [1.165, 1.54) is 7.11 Å². The van der Waals surface area contributed by atoms with Gasteiger partial charge in [0.1, 0.15) is 5.92 Å². The van der Waals surface area contributed by atoms with Crippen LogP contribution >= 0.6 is 11.6 Å². The number of nitrogens with zero attached hydrogens (tertiary/aromatic N) is 2. The smallest absolute Gasteiger partial charge is 0.336 e. The molecular weight excluding hydrogens is 488 g/mol. The van der Waals surface area contributed by atoms with Crippen LogP contribution in [0.2, 0.25) is 5.02 Å². The van der Waals surface area contributed by atoms with Gasteiger partial charge in [0, 0.05) is 16.7 Å². The third-order valence-electron chi connectivity index (χ3n) is 6.20. The van der Waals surface area contributed by atoms with E-state index < -0.39 is 35.6 Å². The highest BCUT2D eigenvalue weighted by Gasteiger charge is 2.43. The van der Waals surface area contributed by atoms with Crippen LogP contribution in [0.25, 0.3) is 0 Å². The van der Waals surface area contributed by atoms with Gasteiger partial charge in [0.15, 0.2) is 0 Å². The zero-order valence-electron chi connectivity index (χ0n) is 19.6. The number of aliphatic imine (C=N–C) groups is 1. The van der Waals surface area contributed by atoms with Gasteiger partial charge in [0.25, 0.3) is 11.8 Å². The minimum atomic E-state index is -1.16. The number of rotatable bonds is 8. The van der Waals surface area contributed by atoms with Crippen molar-refractivity contribution in [3.05, 3.63) is 81.5 Å². The first-order valence-electron chi connectivity index (χ1n) is 11.1. The second-order valence-corrected chi connectivity index (χ2v) is 8.69. The van der Waals surface area contributed by atoms with Crippen molar-refractivity contribution in [1.29, 1.82) is 0 Å². The van der Waals surface area contributed by atoms with E-state index in [4.69, 9.17) is 21.1 Å². The van der Waals surface area contributed by atoms with E-state index in [9.17, 15) is 24.3 Å². The Morgan fingerprint density at radius 1 is 1.06 bits per heavy atom. The topological polar surface area (TPSA) is 123 Å². The Balaban J connectivity index is 1.58. The Kier molecular flexibility index (Phi) is 7.32. The van der Waals surface area contributed by atoms with Gasteiger partial charge in [-0.2, -0.15) is 0 Å². The quantitative estimate of drug-likeness (QED) is 0.328. The van der Waals surface area contributed by atoms with E-state index in [1.54, 1.807) is 55.5 Å². The molecule has 0 saturated heterocycles. The van der Waals surface area contributed by atoms with Crippen LogP contribution in [0, 0.1) is 5.92 Å². The Morgan fingerprint density at radius 2 is 1.67 bits per heavy atom. The molecule has 2 amide bonds. The van der Waals surface area contributed by atoms with E-state index in [2.05, 4.69) is 4.99 Å². The molecule has 1 N–H and O–H groups in total. The fraction of sp³-hybridized carbons (Fsp3) is 0.269. The molecule has 2 aromatic rings. The molecule has 0 spiro atoms. The summed E-state index contributed by atoms with van der Waals surface area (Å²) in [6.07, 6.45) is 0. The predicted molar refractivity (Wildman–Crippen MR) is 130 cm³/mol. The minimum Gasteiger partial charge on any atom is -0.481 e. The first-order chi connectivity index (χ1) is 17.3. The number of carboxylic acid groups (broad SMARTS) is 1. The molecule has 2 aliphatic rings. The number of benzene rings is 2. The summed E-state index contributed by atoms with van der Waals surface area (Å²) in [7, 11) is 1.20. The van der Waals surface area contributed by atoms with Crippen molar-refractivity contribution in [3.8, 4) is 0 Å². The molecule has 0 bridgehead atoms. The van der Waals surface area contributed by atoms with Gasteiger partial charge in [0.2, 0.25) is 0 Å². The van der Waals surface area contributed by atoms with E-state index in [-0.39, 0.29) is 36.7 Å². The molecule has 9 nitrogen and oxygen atoms in total. The SMILES string of the molecule is COC(=O)C1=C(COCCN2C(=O)c3ccccc3C2=O)N=C(C)C(C(=O)O)C1c1ccccc1Cl. The zero-order valence-corrected chi connectivity index (χ0v) is 20.3. The lowest BCUT2D eigenvalue weighted by Gasteiger charge is -2.31. The molecule has 2 heterocycles. The summed E-state index contributed by atoms with van der Waals surface area (Å²) in [4.78, 5) is 55.6. The van der Waals surface area contributed by atoms with Crippen LogP contribution in [-0.2, 0) is 19.1 Å². The fourth-order valence-corrected chi connectivity index (χ4v) is 4.80. The molecule has 10 heteroatoms. The van der Waals surface area contributed by atoms with E-state index >= 15 is 0 Å². The number of methoxy groups -OCH3 is 1. The van der Waals surface area contributed by atoms with Crippen LogP contribution in [-0.4, -0.2) is 66.3 Å². The van der Waals surface area contributed by atoms with Crippen molar-refractivity contribution in [2.45, 2.75) is 12.8 Å². The molecule has 2 aromatic carbocycles. The first kappa shape index (κ1) is 25.3. The lowest BCUT2D eigenvalue weighted by molar-refractivity contribution is -0.140. The van der Waals surface area contributed by atoms with Gasteiger partial charge in [-0.15, -0.1) is 0 Å². The second kappa shape index (κ2) is 10.4. The predicted octanol–water partition coefficient (Wildman–Crippen LogP) is 3.34. The van der Waals surface area contributed by atoms with Crippen LogP contribution in [0.1, 0.15) is 39.1 Å². The standard InChI is InChI=1S/C26H23ClN2O7/c1-14-20(25(32)33)21(17-9-5-6-10-18(17)27)22(26(34)35-2)19(28-14)13-36-12-11-29-23(30)15-7-3-4-8-16(15)24(29)31/h3-10,20-21H,11-13H2,1-2H3,(H,32,33). The molecule has 2 atom stereocenters. The van der Waals surface area contributed by atoms with Crippen molar-refractivity contribution in [2.75, 3.05) is 26.9 Å². The number of fused-ring (bicyclic) bond motifs is 1. The summed E-state index contributed by atoms with van der Waals surface area (Å²) < 4.78 is 10.7. The van der Waals surface area contributed by atoms with Gasteiger partial charge in [-0.25, -0.2) is 4.79 Å². The Bertz CT molecular complexity index is 1280. The highest BCUT2D eigenvalue weighted by Crippen LogP contribution is 2.42. The molecule has 0 fully saturated rings. The molecule has 4 rings (SSSR count). The molecule has 0 aliphatic carbocycles. The normalized spacial score (nSPS) is 19.3. The molecule has 0 aromatic heterocycles. The third kappa shape index (κ3) is 4.55. The number of ether oxygens (including phenoxy) is 2. The minimum absolute atomic E-state index is 0.00156. The van der Waals surface area contributed by atoms with Gasteiger partial charge < -0.3 is 14.6 Å². The highest BCUT2D eigenvalue weighted by molar-refractivity contribution is 6.31. The number of carboxylic acids is 1. The third-order valence-corrected chi connectivity index (χ3v) is 6.55. The monoisotopic (exact) mass is 510 g/mol. The summed E-state index contributed by atoms with van der Waals surface area (Å²) in [5, 5.41) is 10.3. The van der Waals surface area contributed by atoms with Crippen LogP contribution in [0.3, 0.4) is 0 Å². The van der Waals surface area contributed by atoms with Crippen LogP contribution < -0.4 is 0 Å². The summed E-state index contributed by atoms with van der Waals surface area (Å²) in [6.45, 7) is 1.38. The van der Waals surface area contributed by atoms with Crippen molar-refractivity contribution in [3.63, 3.8) is 0 Å². The molecule has 36 heavy (non-hydrogen) atoms. The molecule has 186 valence electrons. The number of carbonyl (C=O) groups excluding carboxylic acids is 3. The molecule has 2 unspecified atom stereocenters. The Hall–Kier alpha value is -3.82. The number of esters is 1. The number of carbonyl (C=O) groups is 4. The zero-order chi connectivity index (χ0) is 26.0. The van der Waals surface area contributed by atoms with Crippen molar-refractivity contribution in [1.82, 2.24) is 4.90 Å². The van der Waals surface area contributed by atoms with Gasteiger partial charge in [0.05, 0.1) is 49.3 Å². The largest absolute Gasteiger partial charge is 0.481 e. The van der Waals surface area contributed by atoms with Gasteiger partial charge >= 0.3 is 11.9 Å². The van der Waals surface area contributed by atoms with Crippen molar-refractivity contribution < 1.29 is 33.8 Å². The van der Waals surface area contributed by atoms with Gasteiger partial charge in [-0.1, -0.05) is 41.9 Å². The second-order valence-electron chi connectivity index (χ2n) is 8.28.